The Balaban J connectivity index is 2.88. The Morgan fingerprint density at radius 1 is 1.29 bits per heavy atom. The topological polar surface area (TPSA) is 38.3 Å². The molecule has 94 valence electrons. The molecule has 0 saturated heterocycles. The van der Waals surface area contributed by atoms with Crippen molar-refractivity contribution in [2.45, 2.75) is 33.7 Å². The SMILES string of the molecule is CCOC(=O)c1ccccc1NC(C)C(C)C. The first-order valence-corrected chi connectivity index (χ1v) is 6.09. The highest BCUT2D eigenvalue weighted by Gasteiger charge is 2.14. The van der Waals surface area contributed by atoms with E-state index >= 15 is 0 Å². The van der Waals surface area contributed by atoms with Gasteiger partial charge in [0.25, 0.3) is 0 Å². The summed E-state index contributed by atoms with van der Waals surface area (Å²) in [5, 5.41) is 3.35. The van der Waals surface area contributed by atoms with Crippen molar-refractivity contribution in [3.8, 4) is 0 Å². The summed E-state index contributed by atoms with van der Waals surface area (Å²) in [6.45, 7) is 8.60. The minimum atomic E-state index is -0.272. The van der Waals surface area contributed by atoms with E-state index < -0.39 is 0 Å². The lowest BCUT2D eigenvalue weighted by Crippen LogP contribution is -2.23. The van der Waals surface area contributed by atoms with Crippen LogP contribution in [0.15, 0.2) is 24.3 Å². The molecule has 1 aromatic carbocycles. The van der Waals surface area contributed by atoms with Crippen molar-refractivity contribution in [1.29, 1.82) is 0 Å². The van der Waals surface area contributed by atoms with Gasteiger partial charge in [-0.1, -0.05) is 26.0 Å². The zero-order valence-electron chi connectivity index (χ0n) is 11.0. The third kappa shape index (κ3) is 3.77. The van der Waals surface area contributed by atoms with Gasteiger partial charge in [-0.25, -0.2) is 4.79 Å². The summed E-state index contributed by atoms with van der Waals surface area (Å²) in [5.41, 5.74) is 1.44. The number of rotatable bonds is 5. The molecule has 1 N–H and O–H groups in total. The molecule has 1 atom stereocenters. The zero-order valence-corrected chi connectivity index (χ0v) is 11.0. The lowest BCUT2D eigenvalue weighted by molar-refractivity contribution is 0.0527. The van der Waals surface area contributed by atoms with E-state index in [1.807, 2.05) is 25.1 Å². The first-order valence-electron chi connectivity index (χ1n) is 6.09. The maximum absolute atomic E-state index is 11.8. The molecule has 0 saturated carbocycles. The van der Waals surface area contributed by atoms with Crippen LogP contribution < -0.4 is 5.32 Å². The highest BCUT2D eigenvalue weighted by atomic mass is 16.5. The number of benzene rings is 1. The molecule has 0 spiro atoms. The van der Waals surface area contributed by atoms with Crippen molar-refractivity contribution in [3.63, 3.8) is 0 Å². The van der Waals surface area contributed by atoms with Crippen LogP contribution in [0.4, 0.5) is 5.69 Å². The fourth-order valence-electron chi connectivity index (χ4n) is 1.41. The monoisotopic (exact) mass is 235 g/mol. The number of ether oxygens (including phenoxy) is 1. The van der Waals surface area contributed by atoms with Gasteiger partial charge in [0, 0.05) is 11.7 Å². The molecule has 1 unspecified atom stereocenters. The molecule has 1 aromatic rings. The standard InChI is InChI=1S/C14H21NO2/c1-5-17-14(16)12-8-6-7-9-13(12)15-11(4)10(2)3/h6-11,15H,5H2,1-4H3. The molecule has 0 radical (unpaired) electrons. The van der Waals surface area contributed by atoms with E-state index in [0.29, 0.717) is 24.1 Å². The van der Waals surface area contributed by atoms with Gasteiger partial charge in [0.15, 0.2) is 0 Å². The summed E-state index contributed by atoms with van der Waals surface area (Å²) in [4.78, 5) is 11.8. The third-order valence-electron chi connectivity index (χ3n) is 2.81. The van der Waals surface area contributed by atoms with Crippen molar-refractivity contribution in [2.24, 2.45) is 5.92 Å². The number of hydrogen-bond donors (Lipinski definition) is 1. The molecule has 1 rings (SSSR count). The molecular formula is C14H21NO2. The number of nitrogens with one attached hydrogen (secondary N) is 1. The largest absolute Gasteiger partial charge is 0.462 e. The van der Waals surface area contributed by atoms with Gasteiger partial charge in [-0.2, -0.15) is 0 Å². The summed E-state index contributed by atoms with van der Waals surface area (Å²) in [6.07, 6.45) is 0. The van der Waals surface area contributed by atoms with Crippen LogP contribution in [0.3, 0.4) is 0 Å². The number of carbonyl (C=O) groups excluding carboxylic acids is 1. The van der Waals surface area contributed by atoms with Crippen LogP contribution in [-0.4, -0.2) is 18.6 Å². The molecule has 0 aliphatic rings. The van der Waals surface area contributed by atoms with Crippen LogP contribution in [-0.2, 0) is 4.74 Å². The van der Waals surface area contributed by atoms with E-state index in [-0.39, 0.29) is 5.97 Å². The molecule has 0 aliphatic heterocycles. The van der Waals surface area contributed by atoms with Crippen LogP contribution in [0.2, 0.25) is 0 Å². The predicted molar refractivity (Wildman–Crippen MR) is 70.3 cm³/mol. The molecule has 0 amide bonds. The molecule has 0 aromatic heterocycles. The van der Waals surface area contributed by atoms with Crippen molar-refractivity contribution in [3.05, 3.63) is 29.8 Å². The zero-order chi connectivity index (χ0) is 12.8. The minimum absolute atomic E-state index is 0.272. The number of carbonyl (C=O) groups is 1. The first-order chi connectivity index (χ1) is 8.06. The van der Waals surface area contributed by atoms with E-state index in [1.165, 1.54) is 0 Å². The summed E-state index contributed by atoms with van der Waals surface area (Å²) in [6, 6.07) is 7.76. The van der Waals surface area contributed by atoms with E-state index in [2.05, 4.69) is 26.1 Å². The first kappa shape index (κ1) is 13.6. The lowest BCUT2D eigenvalue weighted by atomic mass is 10.1. The van der Waals surface area contributed by atoms with Gasteiger partial charge in [0.2, 0.25) is 0 Å². The van der Waals surface area contributed by atoms with Crippen LogP contribution in [0.25, 0.3) is 0 Å². The van der Waals surface area contributed by atoms with Crippen LogP contribution >= 0.6 is 0 Å². The third-order valence-corrected chi connectivity index (χ3v) is 2.81. The molecule has 3 heteroatoms. The second-order valence-corrected chi connectivity index (χ2v) is 4.44. The molecule has 0 aliphatic carbocycles. The van der Waals surface area contributed by atoms with Gasteiger partial charge in [-0.05, 0) is 31.9 Å². The average Bonchev–Trinajstić information content (AvgIpc) is 2.29. The van der Waals surface area contributed by atoms with E-state index in [0.717, 1.165) is 5.69 Å². The Hall–Kier alpha value is -1.51. The van der Waals surface area contributed by atoms with Gasteiger partial charge in [-0.15, -0.1) is 0 Å². The summed E-state index contributed by atoms with van der Waals surface area (Å²) < 4.78 is 5.03. The summed E-state index contributed by atoms with van der Waals surface area (Å²) in [5.74, 6) is 0.233. The number of esters is 1. The van der Waals surface area contributed by atoms with Crippen LogP contribution in [0, 0.1) is 5.92 Å². The molecular weight excluding hydrogens is 214 g/mol. The second-order valence-electron chi connectivity index (χ2n) is 4.44. The van der Waals surface area contributed by atoms with E-state index in [9.17, 15) is 4.79 Å². The van der Waals surface area contributed by atoms with Crippen LogP contribution in [0.5, 0.6) is 0 Å². The van der Waals surface area contributed by atoms with E-state index in [4.69, 9.17) is 4.74 Å². The van der Waals surface area contributed by atoms with Gasteiger partial charge in [-0.3, -0.25) is 0 Å². The molecule has 0 fully saturated rings. The lowest BCUT2D eigenvalue weighted by Gasteiger charge is -2.20. The van der Waals surface area contributed by atoms with Gasteiger partial charge >= 0.3 is 5.97 Å². The Kier molecular flexibility index (Phi) is 5.01. The second kappa shape index (κ2) is 6.28. The highest BCUT2D eigenvalue weighted by Crippen LogP contribution is 2.19. The smallest absolute Gasteiger partial charge is 0.340 e. The van der Waals surface area contributed by atoms with Gasteiger partial charge in [0.1, 0.15) is 0 Å². The average molecular weight is 235 g/mol. The fourth-order valence-corrected chi connectivity index (χ4v) is 1.41. The molecule has 0 bridgehead atoms. The summed E-state index contributed by atoms with van der Waals surface area (Å²) in [7, 11) is 0. The maximum Gasteiger partial charge on any atom is 0.340 e. The maximum atomic E-state index is 11.8. The quantitative estimate of drug-likeness (QED) is 0.796. The number of para-hydroxylation sites is 1. The molecule has 0 heterocycles. The number of anilines is 1. The fraction of sp³-hybridized carbons (Fsp3) is 0.500. The molecule has 17 heavy (non-hydrogen) atoms. The van der Waals surface area contributed by atoms with Crippen molar-refractivity contribution < 1.29 is 9.53 Å². The Bertz CT molecular complexity index is 374. The highest BCUT2D eigenvalue weighted by molar-refractivity contribution is 5.95. The van der Waals surface area contributed by atoms with Gasteiger partial charge in [0.05, 0.1) is 12.2 Å². The Morgan fingerprint density at radius 2 is 1.94 bits per heavy atom. The van der Waals surface area contributed by atoms with Gasteiger partial charge < -0.3 is 10.1 Å². The molecule has 3 nitrogen and oxygen atoms in total. The normalized spacial score (nSPS) is 12.3. The minimum Gasteiger partial charge on any atom is -0.462 e. The Labute approximate surface area is 103 Å². The van der Waals surface area contributed by atoms with Crippen molar-refractivity contribution in [1.82, 2.24) is 0 Å². The number of hydrogen-bond acceptors (Lipinski definition) is 3. The predicted octanol–water partition coefficient (Wildman–Crippen LogP) is 3.32. The van der Waals surface area contributed by atoms with Crippen LogP contribution in [0.1, 0.15) is 38.1 Å². The van der Waals surface area contributed by atoms with Crippen molar-refractivity contribution in [2.75, 3.05) is 11.9 Å². The summed E-state index contributed by atoms with van der Waals surface area (Å²) >= 11 is 0. The van der Waals surface area contributed by atoms with Crippen molar-refractivity contribution >= 4 is 11.7 Å². The Morgan fingerprint density at radius 3 is 2.53 bits per heavy atom. The van der Waals surface area contributed by atoms with E-state index in [1.54, 1.807) is 6.07 Å².